The molecule has 0 unspecified atom stereocenters. The molecule has 0 saturated heterocycles. The number of esters is 1. The van der Waals surface area contributed by atoms with Crippen LogP contribution in [0, 0.1) is 20.8 Å². The predicted molar refractivity (Wildman–Crippen MR) is 106 cm³/mol. The van der Waals surface area contributed by atoms with Crippen LogP contribution in [0.15, 0.2) is 41.6 Å². The van der Waals surface area contributed by atoms with Crippen LogP contribution in [-0.2, 0) is 4.74 Å². The summed E-state index contributed by atoms with van der Waals surface area (Å²) >= 11 is 1.47. The van der Waals surface area contributed by atoms with Crippen molar-refractivity contribution < 1.29 is 9.53 Å². The van der Waals surface area contributed by atoms with Gasteiger partial charge in [0.2, 0.25) is 0 Å². The number of nitrogen functional groups attached to an aromatic ring is 1. The van der Waals surface area contributed by atoms with E-state index in [0.717, 1.165) is 16.6 Å². The van der Waals surface area contributed by atoms with Gasteiger partial charge in [0, 0.05) is 22.5 Å². The minimum Gasteiger partial charge on any atom is -0.461 e. The summed E-state index contributed by atoms with van der Waals surface area (Å²) in [6, 6.07) is 11.1. The lowest BCUT2D eigenvalue weighted by molar-refractivity contribution is 0.0531. The fraction of sp³-hybridized carbons (Fsp3) is 0.250. The molecule has 0 aliphatic carbocycles. The van der Waals surface area contributed by atoms with Crippen molar-refractivity contribution in [3.63, 3.8) is 0 Å². The molecule has 0 saturated carbocycles. The number of aryl methyl sites for hydroxylation is 3. The second kappa shape index (κ2) is 7.74. The van der Waals surface area contributed by atoms with Gasteiger partial charge in [0.15, 0.2) is 5.16 Å². The molecule has 0 fully saturated rings. The van der Waals surface area contributed by atoms with Gasteiger partial charge in [-0.25, -0.2) is 14.8 Å². The van der Waals surface area contributed by atoms with Crippen LogP contribution >= 0.6 is 11.8 Å². The van der Waals surface area contributed by atoms with E-state index in [1.807, 2.05) is 6.92 Å². The molecule has 1 aromatic heterocycles. The lowest BCUT2D eigenvalue weighted by atomic mass is 10.1. The summed E-state index contributed by atoms with van der Waals surface area (Å²) < 4.78 is 5.29. The molecule has 3 aromatic rings. The third kappa shape index (κ3) is 3.96. The number of carbonyl (C=O) groups is 1. The van der Waals surface area contributed by atoms with E-state index in [2.05, 4.69) is 35.9 Å². The molecule has 0 aliphatic heterocycles. The maximum atomic E-state index is 12.0. The van der Waals surface area contributed by atoms with Gasteiger partial charge < -0.3 is 10.5 Å². The van der Waals surface area contributed by atoms with Crippen molar-refractivity contribution in [3.05, 3.63) is 58.8 Å². The molecule has 0 spiro atoms. The third-order valence-corrected chi connectivity index (χ3v) is 5.02. The molecule has 6 heteroatoms. The summed E-state index contributed by atoms with van der Waals surface area (Å²) in [6.45, 7) is 6.42. The van der Waals surface area contributed by atoms with Gasteiger partial charge in [0.05, 0.1) is 11.1 Å². The Kier molecular flexibility index (Phi) is 5.42. The van der Waals surface area contributed by atoms with E-state index in [1.165, 1.54) is 22.9 Å². The fourth-order valence-corrected chi connectivity index (χ4v) is 3.32. The minimum atomic E-state index is -0.412. The third-order valence-electron chi connectivity index (χ3n) is 4.21. The Morgan fingerprint density at radius 2 is 1.85 bits per heavy atom. The molecule has 0 radical (unpaired) electrons. The number of nitrogens with zero attached hydrogens (tertiary/aromatic N) is 2. The molecule has 5 nitrogen and oxygen atoms in total. The van der Waals surface area contributed by atoms with Gasteiger partial charge in [-0.05, 0) is 56.2 Å². The quantitative estimate of drug-likeness (QED) is 0.241. The van der Waals surface area contributed by atoms with E-state index in [1.54, 1.807) is 24.3 Å². The molecule has 0 aliphatic rings. The highest BCUT2D eigenvalue weighted by Gasteiger charge is 2.11. The molecule has 0 atom stereocenters. The van der Waals surface area contributed by atoms with E-state index in [9.17, 15) is 4.79 Å². The largest absolute Gasteiger partial charge is 0.461 e. The fourth-order valence-electron chi connectivity index (χ4n) is 2.61. The van der Waals surface area contributed by atoms with Gasteiger partial charge in [0.1, 0.15) is 6.61 Å². The standard InChI is InChI=1S/C20H21N3O2S/c1-12-10-16-14(3)22-20(23-18(16)11-13(12)2)26-9-8-25-19(24)15-6-4-5-7-17(15)21/h4-7,10-11H,8-9,21H2,1-3H3. The van der Waals surface area contributed by atoms with Crippen molar-refractivity contribution in [2.45, 2.75) is 25.9 Å². The Morgan fingerprint density at radius 3 is 2.62 bits per heavy atom. The number of benzene rings is 2. The van der Waals surface area contributed by atoms with Gasteiger partial charge in [-0.3, -0.25) is 0 Å². The average Bonchev–Trinajstić information content (AvgIpc) is 2.61. The number of ether oxygens (including phenoxy) is 1. The van der Waals surface area contributed by atoms with Crippen LogP contribution in [0.5, 0.6) is 0 Å². The van der Waals surface area contributed by atoms with Gasteiger partial charge in [-0.1, -0.05) is 23.9 Å². The van der Waals surface area contributed by atoms with Gasteiger partial charge in [-0.15, -0.1) is 0 Å². The zero-order chi connectivity index (χ0) is 18.7. The molecule has 1 heterocycles. The molecular weight excluding hydrogens is 346 g/mol. The summed E-state index contributed by atoms with van der Waals surface area (Å²) in [6.07, 6.45) is 0. The van der Waals surface area contributed by atoms with E-state index >= 15 is 0 Å². The van der Waals surface area contributed by atoms with Crippen molar-refractivity contribution in [2.75, 3.05) is 18.1 Å². The first kappa shape index (κ1) is 18.2. The average molecular weight is 367 g/mol. The van der Waals surface area contributed by atoms with Crippen LogP contribution in [0.3, 0.4) is 0 Å². The number of nitrogens with two attached hydrogens (primary N) is 1. The highest BCUT2D eigenvalue weighted by molar-refractivity contribution is 7.99. The van der Waals surface area contributed by atoms with Crippen LogP contribution in [0.25, 0.3) is 10.9 Å². The molecule has 3 rings (SSSR count). The zero-order valence-electron chi connectivity index (χ0n) is 15.1. The number of aromatic nitrogens is 2. The van der Waals surface area contributed by atoms with Crippen molar-refractivity contribution in [3.8, 4) is 0 Å². The first-order chi connectivity index (χ1) is 12.5. The van der Waals surface area contributed by atoms with E-state index < -0.39 is 5.97 Å². The number of carbonyl (C=O) groups excluding carboxylic acids is 1. The highest BCUT2D eigenvalue weighted by atomic mass is 32.2. The maximum absolute atomic E-state index is 12.0. The van der Waals surface area contributed by atoms with Crippen LogP contribution in [0.2, 0.25) is 0 Å². The normalized spacial score (nSPS) is 10.9. The summed E-state index contributed by atoms with van der Waals surface area (Å²) in [5.41, 5.74) is 10.9. The first-order valence-electron chi connectivity index (χ1n) is 8.35. The molecule has 2 aromatic carbocycles. The Hall–Kier alpha value is -2.60. The number of hydrogen-bond acceptors (Lipinski definition) is 6. The molecule has 26 heavy (non-hydrogen) atoms. The second-order valence-electron chi connectivity index (χ2n) is 6.12. The van der Waals surface area contributed by atoms with Crippen molar-refractivity contribution >= 4 is 34.3 Å². The number of rotatable bonds is 5. The number of para-hydroxylation sites is 1. The second-order valence-corrected chi connectivity index (χ2v) is 7.18. The van der Waals surface area contributed by atoms with Crippen molar-refractivity contribution in [1.29, 1.82) is 0 Å². The predicted octanol–water partition coefficient (Wildman–Crippen LogP) is 4.09. The Labute approximate surface area is 157 Å². The lowest BCUT2D eigenvalue weighted by Gasteiger charge is -2.09. The number of hydrogen-bond donors (Lipinski definition) is 1. The summed E-state index contributed by atoms with van der Waals surface area (Å²) in [5.74, 6) is 0.166. The Balaban J connectivity index is 1.62. The van der Waals surface area contributed by atoms with Gasteiger partial charge in [0.25, 0.3) is 0 Å². The first-order valence-corrected chi connectivity index (χ1v) is 9.34. The summed E-state index contributed by atoms with van der Waals surface area (Å²) in [7, 11) is 0. The van der Waals surface area contributed by atoms with E-state index in [0.29, 0.717) is 22.2 Å². The molecular formula is C20H21N3O2S. The van der Waals surface area contributed by atoms with Gasteiger partial charge >= 0.3 is 5.97 Å². The zero-order valence-corrected chi connectivity index (χ0v) is 15.9. The van der Waals surface area contributed by atoms with Crippen LogP contribution < -0.4 is 5.73 Å². The minimum absolute atomic E-state index is 0.269. The van der Waals surface area contributed by atoms with E-state index in [4.69, 9.17) is 10.5 Å². The SMILES string of the molecule is Cc1cc2nc(SCCOC(=O)c3ccccc3N)nc(C)c2cc1C. The molecule has 0 amide bonds. The molecule has 2 N–H and O–H groups in total. The van der Waals surface area contributed by atoms with Crippen molar-refractivity contribution in [1.82, 2.24) is 9.97 Å². The molecule has 0 bridgehead atoms. The van der Waals surface area contributed by atoms with Crippen LogP contribution in [0.1, 0.15) is 27.2 Å². The number of anilines is 1. The Morgan fingerprint density at radius 1 is 1.12 bits per heavy atom. The summed E-state index contributed by atoms with van der Waals surface area (Å²) in [4.78, 5) is 21.2. The number of fused-ring (bicyclic) bond motifs is 1. The smallest absolute Gasteiger partial charge is 0.340 e. The highest BCUT2D eigenvalue weighted by Crippen LogP contribution is 2.23. The number of thioether (sulfide) groups is 1. The Bertz CT molecular complexity index is 973. The van der Waals surface area contributed by atoms with Crippen molar-refractivity contribution in [2.24, 2.45) is 0 Å². The monoisotopic (exact) mass is 367 g/mol. The van der Waals surface area contributed by atoms with Crippen LogP contribution in [-0.4, -0.2) is 28.3 Å². The van der Waals surface area contributed by atoms with E-state index in [-0.39, 0.29) is 6.61 Å². The van der Waals surface area contributed by atoms with Crippen LogP contribution in [0.4, 0.5) is 5.69 Å². The topological polar surface area (TPSA) is 78.1 Å². The molecule has 134 valence electrons. The summed E-state index contributed by atoms with van der Waals surface area (Å²) in [5, 5.41) is 1.76. The lowest BCUT2D eigenvalue weighted by Crippen LogP contribution is -2.10. The maximum Gasteiger partial charge on any atom is 0.340 e. The van der Waals surface area contributed by atoms with Gasteiger partial charge in [-0.2, -0.15) is 0 Å².